The summed E-state index contributed by atoms with van der Waals surface area (Å²) in [5, 5.41) is 15.4. The Morgan fingerprint density at radius 2 is 1.75 bits per heavy atom. The van der Waals surface area contributed by atoms with Crippen LogP contribution in [0.3, 0.4) is 0 Å². The SMILES string of the molecule is Cc1nn(-c2ccccc2)c(C)c1CN(C)C(=O)Cc1ccc([N+](=O)[O-])cc1. The van der Waals surface area contributed by atoms with Crippen LogP contribution in [0.2, 0.25) is 0 Å². The number of likely N-dealkylation sites (N-methyl/N-ethyl adjacent to an activating group) is 1. The molecule has 0 fully saturated rings. The molecule has 3 rings (SSSR count). The molecule has 1 heterocycles. The maximum Gasteiger partial charge on any atom is 0.269 e. The predicted octanol–water partition coefficient (Wildman–Crippen LogP) is 3.60. The third-order valence-electron chi connectivity index (χ3n) is 4.77. The fourth-order valence-corrected chi connectivity index (χ4v) is 3.09. The molecule has 1 aromatic heterocycles. The third-order valence-corrected chi connectivity index (χ3v) is 4.77. The summed E-state index contributed by atoms with van der Waals surface area (Å²) >= 11 is 0. The molecule has 0 aliphatic rings. The summed E-state index contributed by atoms with van der Waals surface area (Å²) in [5.41, 5.74) is 4.65. The first kappa shape index (κ1) is 19.3. The van der Waals surface area contributed by atoms with E-state index in [0.717, 1.165) is 28.2 Å². The van der Waals surface area contributed by atoms with Crippen LogP contribution in [0.4, 0.5) is 5.69 Å². The molecule has 0 radical (unpaired) electrons. The monoisotopic (exact) mass is 378 g/mol. The molecule has 2 aromatic carbocycles. The Morgan fingerprint density at radius 3 is 2.36 bits per heavy atom. The van der Waals surface area contributed by atoms with E-state index in [2.05, 4.69) is 5.10 Å². The molecular weight excluding hydrogens is 356 g/mol. The van der Waals surface area contributed by atoms with Gasteiger partial charge in [0.25, 0.3) is 5.69 Å². The number of carbonyl (C=O) groups excluding carboxylic acids is 1. The lowest BCUT2D eigenvalue weighted by Crippen LogP contribution is -2.28. The van der Waals surface area contributed by atoms with Gasteiger partial charge in [-0.05, 0) is 31.5 Å². The summed E-state index contributed by atoms with van der Waals surface area (Å²) in [4.78, 5) is 24.5. The van der Waals surface area contributed by atoms with Crippen LogP contribution in [-0.2, 0) is 17.8 Å². The highest BCUT2D eigenvalue weighted by Crippen LogP contribution is 2.20. The first-order valence-electron chi connectivity index (χ1n) is 8.94. The number of benzene rings is 2. The maximum atomic E-state index is 12.6. The first-order valence-corrected chi connectivity index (χ1v) is 8.94. The summed E-state index contributed by atoms with van der Waals surface area (Å²) in [6.45, 7) is 4.39. The highest BCUT2D eigenvalue weighted by molar-refractivity contribution is 5.78. The standard InChI is InChI=1S/C21H22N4O3/c1-15-20(16(2)24(22-15)18-7-5-4-6-8-18)14-23(3)21(26)13-17-9-11-19(12-10-17)25(27)28/h4-12H,13-14H2,1-3H3. The number of hydrogen-bond acceptors (Lipinski definition) is 4. The van der Waals surface area contributed by atoms with Crippen molar-refractivity contribution in [1.82, 2.24) is 14.7 Å². The number of para-hydroxylation sites is 1. The molecule has 0 N–H and O–H groups in total. The van der Waals surface area contributed by atoms with Crippen molar-refractivity contribution >= 4 is 11.6 Å². The van der Waals surface area contributed by atoms with Gasteiger partial charge in [-0.2, -0.15) is 5.10 Å². The average molecular weight is 378 g/mol. The lowest BCUT2D eigenvalue weighted by Gasteiger charge is -2.18. The largest absolute Gasteiger partial charge is 0.341 e. The van der Waals surface area contributed by atoms with E-state index in [1.807, 2.05) is 48.9 Å². The van der Waals surface area contributed by atoms with Crippen LogP contribution >= 0.6 is 0 Å². The van der Waals surface area contributed by atoms with Crippen molar-refractivity contribution in [3.05, 3.63) is 87.2 Å². The molecule has 0 spiro atoms. The lowest BCUT2D eigenvalue weighted by molar-refractivity contribution is -0.384. The predicted molar refractivity (Wildman–Crippen MR) is 106 cm³/mol. The quantitative estimate of drug-likeness (QED) is 0.485. The van der Waals surface area contributed by atoms with Crippen LogP contribution in [0.1, 0.15) is 22.5 Å². The molecule has 0 aliphatic carbocycles. The number of aryl methyl sites for hydroxylation is 1. The Morgan fingerprint density at radius 1 is 1.11 bits per heavy atom. The van der Waals surface area contributed by atoms with Crippen molar-refractivity contribution in [2.24, 2.45) is 0 Å². The van der Waals surface area contributed by atoms with Crippen LogP contribution in [0.25, 0.3) is 5.69 Å². The van der Waals surface area contributed by atoms with Crippen molar-refractivity contribution in [3.63, 3.8) is 0 Å². The molecule has 0 saturated heterocycles. The van der Waals surface area contributed by atoms with Crippen molar-refractivity contribution < 1.29 is 9.72 Å². The van der Waals surface area contributed by atoms with Crippen molar-refractivity contribution in [1.29, 1.82) is 0 Å². The zero-order valence-electron chi connectivity index (χ0n) is 16.1. The van der Waals surface area contributed by atoms with Gasteiger partial charge >= 0.3 is 0 Å². The Hall–Kier alpha value is -3.48. The molecule has 3 aromatic rings. The van der Waals surface area contributed by atoms with Gasteiger partial charge in [-0.15, -0.1) is 0 Å². The second-order valence-electron chi connectivity index (χ2n) is 6.75. The van der Waals surface area contributed by atoms with E-state index < -0.39 is 4.92 Å². The zero-order chi connectivity index (χ0) is 20.3. The Balaban J connectivity index is 1.72. The number of nitro benzene ring substituents is 1. The van der Waals surface area contributed by atoms with Gasteiger partial charge < -0.3 is 4.90 Å². The van der Waals surface area contributed by atoms with Crippen LogP contribution < -0.4 is 0 Å². The molecule has 0 atom stereocenters. The summed E-state index contributed by atoms with van der Waals surface area (Å²) in [6, 6.07) is 15.9. The number of non-ortho nitro benzene ring substituents is 1. The van der Waals surface area contributed by atoms with Crippen molar-refractivity contribution in [2.45, 2.75) is 26.8 Å². The smallest absolute Gasteiger partial charge is 0.269 e. The van der Waals surface area contributed by atoms with Gasteiger partial charge in [-0.1, -0.05) is 30.3 Å². The molecular formula is C21H22N4O3. The summed E-state index contributed by atoms with van der Waals surface area (Å²) in [7, 11) is 1.76. The van der Waals surface area contributed by atoms with E-state index in [1.54, 1.807) is 24.1 Å². The van der Waals surface area contributed by atoms with Crippen LogP contribution in [0.5, 0.6) is 0 Å². The first-order chi connectivity index (χ1) is 13.4. The van der Waals surface area contributed by atoms with E-state index >= 15 is 0 Å². The number of nitrogens with zero attached hydrogens (tertiary/aromatic N) is 4. The van der Waals surface area contributed by atoms with Gasteiger partial charge in [0.1, 0.15) is 0 Å². The van der Waals surface area contributed by atoms with E-state index in [0.29, 0.717) is 6.54 Å². The molecule has 144 valence electrons. The van der Waals surface area contributed by atoms with Gasteiger partial charge in [-0.25, -0.2) is 4.68 Å². The average Bonchev–Trinajstić information content (AvgIpc) is 2.97. The molecule has 7 heteroatoms. The zero-order valence-corrected chi connectivity index (χ0v) is 16.1. The number of rotatable bonds is 6. The molecule has 1 amide bonds. The topological polar surface area (TPSA) is 81.3 Å². The van der Waals surface area contributed by atoms with E-state index in [1.165, 1.54) is 12.1 Å². The molecule has 0 bridgehead atoms. The molecule has 28 heavy (non-hydrogen) atoms. The number of carbonyl (C=O) groups is 1. The summed E-state index contributed by atoms with van der Waals surface area (Å²) < 4.78 is 1.89. The third kappa shape index (κ3) is 4.09. The maximum absolute atomic E-state index is 12.6. The van der Waals surface area contributed by atoms with Gasteiger partial charge in [0.15, 0.2) is 0 Å². The Bertz CT molecular complexity index is 994. The minimum absolute atomic E-state index is 0.0177. The molecule has 7 nitrogen and oxygen atoms in total. The van der Waals surface area contributed by atoms with Crippen LogP contribution in [0, 0.1) is 24.0 Å². The lowest BCUT2D eigenvalue weighted by atomic mass is 10.1. The number of hydrogen-bond donors (Lipinski definition) is 0. The highest BCUT2D eigenvalue weighted by atomic mass is 16.6. The number of nitro groups is 1. The van der Waals surface area contributed by atoms with E-state index in [9.17, 15) is 14.9 Å². The van der Waals surface area contributed by atoms with Gasteiger partial charge in [0.05, 0.1) is 22.7 Å². The molecule has 0 saturated carbocycles. The Labute approximate surface area is 163 Å². The molecule has 0 unspecified atom stereocenters. The second kappa shape index (κ2) is 8.04. The highest BCUT2D eigenvalue weighted by Gasteiger charge is 2.17. The van der Waals surface area contributed by atoms with Gasteiger partial charge in [-0.3, -0.25) is 14.9 Å². The van der Waals surface area contributed by atoms with Gasteiger partial charge in [0, 0.05) is 37.0 Å². The minimum atomic E-state index is -0.451. The summed E-state index contributed by atoms with van der Waals surface area (Å²) in [6.07, 6.45) is 0.194. The number of amides is 1. The fourth-order valence-electron chi connectivity index (χ4n) is 3.09. The van der Waals surface area contributed by atoms with Crippen molar-refractivity contribution in [2.75, 3.05) is 7.05 Å². The van der Waals surface area contributed by atoms with Crippen molar-refractivity contribution in [3.8, 4) is 5.69 Å². The van der Waals surface area contributed by atoms with E-state index in [4.69, 9.17) is 0 Å². The Kier molecular flexibility index (Phi) is 5.54. The van der Waals surface area contributed by atoms with Crippen LogP contribution in [0.15, 0.2) is 54.6 Å². The second-order valence-corrected chi connectivity index (χ2v) is 6.75. The molecule has 0 aliphatic heterocycles. The minimum Gasteiger partial charge on any atom is -0.341 e. The summed E-state index contributed by atoms with van der Waals surface area (Å²) in [5.74, 6) is -0.0554. The van der Waals surface area contributed by atoms with Gasteiger partial charge in [0.2, 0.25) is 5.91 Å². The fraction of sp³-hybridized carbons (Fsp3) is 0.238. The van der Waals surface area contributed by atoms with Crippen LogP contribution in [-0.4, -0.2) is 32.6 Å². The van der Waals surface area contributed by atoms with E-state index in [-0.39, 0.29) is 18.0 Å². The normalized spacial score (nSPS) is 10.7. The number of aromatic nitrogens is 2.